The number of amides is 1. The highest BCUT2D eigenvalue weighted by Crippen LogP contribution is 2.36. The number of furan rings is 1. The molecule has 11 heteroatoms. The molecule has 3 aromatic rings. The van der Waals surface area contributed by atoms with Crippen molar-refractivity contribution in [1.82, 2.24) is 14.9 Å². The van der Waals surface area contributed by atoms with E-state index in [1.165, 1.54) is 25.8 Å². The Morgan fingerprint density at radius 1 is 1.11 bits per heavy atom. The molecule has 1 aromatic carbocycles. The summed E-state index contributed by atoms with van der Waals surface area (Å²) < 4.78 is 22.6. The maximum absolute atomic E-state index is 13.0. The average molecular weight is 538 g/mol. The summed E-state index contributed by atoms with van der Waals surface area (Å²) in [4.78, 5) is 26.6. The number of likely N-dealkylation sites (tertiary alicyclic amines) is 1. The van der Waals surface area contributed by atoms with Gasteiger partial charge in [0.2, 0.25) is 17.7 Å². The van der Waals surface area contributed by atoms with Gasteiger partial charge in [-0.3, -0.25) is 9.69 Å². The number of rotatable bonds is 10. The van der Waals surface area contributed by atoms with E-state index in [2.05, 4.69) is 57.2 Å². The minimum absolute atomic E-state index is 0.0766. The van der Waals surface area contributed by atoms with E-state index in [0.717, 1.165) is 32.2 Å². The Labute approximate surface area is 223 Å². The van der Waals surface area contributed by atoms with Crippen LogP contribution in [0.4, 0.5) is 11.6 Å². The topological polar surface area (TPSA) is 102 Å². The molecule has 0 saturated carbocycles. The normalized spacial score (nSPS) is 16.0. The van der Waals surface area contributed by atoms with Gasteiger partial charge in [-0.2, -0.15) is 9.97 Å². The monoisotopic (exact) mass is 537 g/mol. The molecule has 2 aliphatic heterocycles. The number of benzene rings is 1. The highest BCUT2D eigenvalue weighted by Gasteiger charge is 2.36. The summed E-state index contributed by atoms with van der Waals surface area (Å²) in [6.07, 6.45) is 1.26. The Hall–Kier alpha value is -3.57. The van der Waals surface area contributed by atoms with Gasteiger partial charge in [-0.25, -0.2) is 0 Å². The number of aromatic nitrogens is 2. The molecular formula is C27H35N5O5Si. The van der Waals surface area contributed by atoms with Gasteiger partial charge in [-0.15, -0.1) is 0 Å². The molecule has 0 aliphatic carbocycles. The highest BCUT2D eigenvalue weighted by atomic mass is 28.3. The van der Waals surface area contributed by atoms with Gasteiger partial charge in [-0.05, 0) is 37.7 Å². The van der Waals surface area contributed by atoms with Crippen molar-refractivity contribution in [1.29, 1.82) is 0 Å². The third kappa shape index (κ3) is 5.21. The molecule has 2 aliphatic rings. The Bertz CT molecular complexity index is 1280. The van der Waals surface area contributed by atoms with Crippen molar-refractivity contribution in [3.8, 4) is 23.5 Å². The standard InChI is InChI=1S/C27H35N5O5Si/c1-6-38(4,5)20-10-7-9-19(15-20)36-22-12-11-21(37-22)24(33)28-23-25(34-2)29-27(30-26(23)35-3)32-16-18(17-32)31-13-8-14-31/h7,9-12,15,18H,6,8,13-14,16-17H2,1-5H3,(H,28,33). The van der Waals surface area contributed by atoms with Gasteiger partial charge in [0.15, 0.2) is 11.4 Å². The van der Waals surface area contributed by atoms with E-state index < -0.39 is 14.0 Å². The molecule has 10 nitrogen and oxygen atoms in total. The van der Waals surface area contributed by atoms with Crippen molar-refractivity contribution in [3.05, 3.63) is 42.2 Å². The molecule has 0 radical (unpaired) electrons. The summed E-state index contributed by atoms with van der Waals surface area (Å²) in [5, 5.41) is 4.08. The maximum Gasteiger partial charge on any atom is 0.291 e. The van der Waals surface area contributed by atoms with E-state index in [-0.39, 0.29) is 29.2 Å². The van der Waals surface area contributed by atoms with Crippen LogP contribution < -0.4 is 29.6 Å². The van der Waals surface area contributed by atoms with Crippen molar-refractivity contribution in [2.75, 3.05) is 50.6 Å². The number of ether oxygens (including phenoxy) is 3. The van der Waals surface area contributed by atoms with Gasteiger partial charge in [0.05, 0.1) is 22.3 Å². The molecule has 0 unspecified atom stereocenters. The highest BCUT2D eigenvalue weighted by molar-refractivity contribution is 6.89. The summed E-state index contributed by atoms with van der Waals surface area (Å²) in [7, 11) is 1.48. The van der Waals surface area contributed by atoms with E-state index in [1.807, 2.05) is 12.1 Å². The van der Waals surface area contributed by atoms with Crippen molar-refractivity contribution in [3.63, 3.8) is 0 Å². The second-order valence-electron chi connectivity index (χ2n) is 10.3. The number of nitrogens with zero attached hydrogens (tertiary/aromatic N) is 4. The molecule has 5 rings (SSSR count). The van der Waals surface area contributed by atoms with Crippen LogP contribution >= 0.6 is 0 Å². The van der Waals surface area contributed by atoms with Gasteiger partial charge < -0.3 is 28.8 Å². The lowest BCUT2D eigenvalue weighted by Gasteiger charge is -2.48. The largest absolute Gasteiger partial charge is 0.479 e. The first kappa shape index (κ1) is 26.1. The second kappa shape index (κ2) is 10.7. The fourth-order valence-corrected chi connectivity index (χ4v) is 5.97. The summed E-state index contributed by atoms with van der Waals surface area (Å²) >= 11 is 0. The number of carbonyl (C=O) groups excluding carboxylic acids is 1. The number of anilines is 2. The van der Waals surface area contributed by atoms with E-state index in [4.69, 9.17) is 18.6 Å². The molecule has 1 amide bonds. The third-order valence-corrected chi connectivity index (χ3v) is 11.2. The predicted octanol–water partition coefficient (Wildman–Crippen LogP) is 3.96. The molecular weight excluding hydrogens is 502 g/mol. The van der Waals surface area contributed by atoms with Crippen molar-refractivity contribution < 1.29 is 23.4 Å². The molecule has 202 valence electrons. The average Bonchev–Trinajstić information content (AvgIpc) is 3.33. The van der Waals surface area contributed by atoms with Crippen molar-refractivity contribution in [2.24, 2.45) is 0 Å². The molecule has 0 spiro atoms. The van der Waals surface area contributed by atoms with Gasteiger partial charge in [0.1, 0.15) is 5.75 Å². The van der Waals surface area contributed by atoms with Gasteiger partial charge in [0.25, 0.3) is 11.9 Å². The zero-order valence-corrected chi connectivity index (χ0v) is 23.6. The van der Waals surface area contributed by atoms with Crippen LogP contribution in [0.15, 0.2) is 40.8 Å². The summed E-state index contributed by atoms with van der Waals surface area (Å²) in [5.74, 6) is 1.43. The lowest BCUT2D eigenvalue weighted by atomic mass is 10.0. The molecule has 4 heterocycles. The molecule has 2 saturated heterocycles. The number of hydrogen-bond acceptors (Lipinski definition) is 9. The van der Waals surface area contributed by atoms with Crippen LogP contribution in [0.25, 0.3) is 0 Å². The number of methoxy groups -OCH3 is 2. The first-order valence-electron chi connectivity index (χ1n) is 13.0. The predicted molar refractivity (Wildman–Crippen MR) is 148 cm³/mol. The minimum Gasteiger partial charge on any atom is -0.479 e. The lowest BCUT2D eigenvalue weighted by molar-refractivity contribution is 0.0968. The molecule has 1 N–H and O–H groups in total. The van der Waals surface area contributed by atoms with E-state index in [0.29, 0.717) is 17.7 Å². The smallest absolute Gasteiger partial charge is 0.291 e. The SMILES string of the molecule is CC[Si](C)(C)c1cccc(Oc2ccc(C(=O)Nc3c(OC)nc(N4CC(N5CCC5)C4)nc3OC)o2)c1. The zero-order valence-electron chi connectivity index (χ0n) is 22.6. The van der Waals surface area contributed by atoms with Gasteiger partial charge in [-0.1, -0.05) is 43.4 Å². The van der Waals surface area contributed by atoms with E-state index in [1.54, 1.807) is 12.1 Å². The fraction of sp³-hybridized carbons (Fsp3) is 0.444. The Kier molecular flexibility index (Phi) is 7.31. The molecule has 2 aromatic heterocycles. The first-order valence-corrected chi connectivity index (χ1v) is 16.2. The van der Waals surface area contributed by atoms with E-state index >= 15 is 0 Å². The second-order valence-corrected chi connectivity index (χ2v) is 15.4. The Morgan fingerprint density at radius 2 is 1.82 bits per heavy atom. The maximum atomic E-state index is 13.0. The third-order valence-electron chi connectivity index (χ3n) is 7.53. The molecule has 0 atom stereocenters. The summed E-state index contributed by atoms with van der Waals surface area (Å²) in [5.41, 5.74) is 0.238. The Morgan fingerprint density at radius 3 is 2.42 bits per heavy atom. The fourth-order valence-electron chi connectivity index (χ4n) is 4.48. The van der Waals surface area contributed by atoms with Crippen molar-refractivity contribution in [2.45, 2.75) is 38.5 Å². The first-order chi connectivity index (χ1) is 18.3. The number of nitrogens with one attached hydrogen (secondary N) is 1. The zero-order chi connectivity index (χ0) is 26.9. The molecule has 0 bridgehead atoms. The summed E-state index contributed by atoms with van der Waals surface area (Å²) in [6.45, 7) is 10.9. The van der Waals surface area contributed by atoms with Crippen LogP contribution in [0.1, 0.15) is 23.9 Å². The lowest BCUT2D eigenvalue weighted by Crippen LogP contribution is -2.63. The van der Waals surface area contributed by atoms with Crippen LogP contribution in [0.3, 0.4) is 0 Å². The van der Waals surface area contributed by atoms with Crippen molar-refractivity contribution >= 4 is 30.8 Å². The van der Waals surface area contributed by atoms with Crippen LogP contribution in [-0.4, -0.2) is 75.3 Å². The van der Waals surface area contributed by atoms with Crippen LogP contribution in [-0.2, 0) is 0 Å². The molecule has 38 heavy (non-hydrogen) atoms. The van der Waals surface area contributed by atoms with Crippen LogP contribution in [0.5, 0.6) is 23.5 Å². The van der Waals surface area contributed by atoms with Crippen LogP contribution in [0.2, 0.25) is 19.1 Å². The van der Waals surface area contributed by atoms with Gasteiger partial charge in [0, 0.05) is 25.2 Å². The van der Waals surface area contributed by atoms with Crippen LogP contribution in [0, 0.1) is 0 Å². The minimum atomic E-state index is -1.51. The summed E-state index contributed by atoms with van der Waals surface area (Å²) in [6, 6.07) is 12.9. The number of carbonyl (C=O) groups is 1. The number of hydrogen-bond donors (Lipinski definition) is 1. The van der Waals surface area contributed by atoms with E-state index in [9.17, 15) is 4.79 Å². The Balaban J connectivity index is 1.28. The molecule has 2 fully saturated rings. The quantitative estimate of drug-likeness (QED) is 0.385. The van der Waals surface area contributed by atoms with Gasteiger partial charge >= 0.3 is 0 Å².